The van der Waals surface area contributed by atoms with Crippen molar-refractivity contribution in [2.24, 2.45) is 35.3 Å². The topological polar surface area (TPSA) is 35.2 Å². The summed E-state index contributed by atoms with van der Waals surface area (Å²) in [4.78, 5) is 0. The van der Waals surface area contributed by atoms with E-state index in [4.69, 9.17) is 10.5 Å². The zero-order chi connectivity index (χ0) is 12.4. The van der Waals surface area contributed by atoms with E-state index in [1.807, 2.05) is 0 Å². The van der Waals surface area contributed by atoms with Gasteiger partial charge in [-0.05, 0) is 55.3 Å². The van der Waals surface area contributed by atoms with E-state index in [1.165, 1.54) is 25.7 Å². The van der Waals surface area contributed by atoms with Gasteiger partial charge in [0.25, 0.3) is 0 Å². The van der Waals surface area contributed by atoms with E-state index in [0.717, 1.165) is 31.0 Å². The zero-order valence-corrected chi connectivity index (χ0v) is 11.7. The molecule has 2 N–H and O–H groups in total. The smallest absolute Gasteiger partial charge is 0.0494 e. The normalized spacial score (nSPS) is 45.5. The van der Waals surface area contributed by atoms with Crippen LogP contribution in [0.1, 0.15) is 46.5 Å². The van der Waals surface area contributed by atoms with Crippen molar-refractivity contribution in [1.29, 1.82) is 0 Å². The zero-order valence-electron chi connectivity index (χ0n) is 11.7. The Balaban J connectivity index is 1.95. The van der Waals surface area contributed by atoms with E-state index in [-0.39, 0.29) is 0 Å². The first-order valence-electron chi connectivity index (χ1n) is 7.41. The van der Waals surface area contributed by atoms with Crippen LogP contribution in [-0.2, 0) is 4.74 Å². The van der Waals surface area contributed by atoms with Gasteiger partial charge in [-0.3, -0.25) is 0 Å². The molecule has 0 radical (unpaired) electrons. The number of hydrogen-bond donors (Lipinski definition) is 1. The van der Waals surface area contributed by atoms with Crippen molar-refractivity contribution in [3.05, 3.63) is 0 Å². The summed E-state index contributed by atoms with van der Waals surface area (Å²) in [6.07, 6.45) is 5.25. The molecular weight excluding hydrogens is 210 g/mol. The van der Waals surface area contributed by atoms with Crippen LogP contribution in [0, 0.1) is 29.6 Å². The molecule has 2 rings (SSSR count). The van der Waals surface area contributed by atoms with Gasteiger partial charge in [0.05, 0.1) is 0 Å². The molecule has 5 atom stereocenters. The molecule has 1 saturated heterocycles. The van der Waals surface area contributed by atoms with E-state index >= 15 is 0 Å². The molecule has 0 aromatic carbocycles. The Labute approximate surface area is 106 Å². The minimum atomic E-state index is 0.402. The Morgan fingerprint density at radius 2 is 1.71 bits per heavy atom. The van der Waals surface area contributed by atoms with Gasteiger partial charge in [-0.2, -0.15) is 0 Å². The summed E-state index contributed by atoms with van der Waals surface area (Å²) >= 11 is 0. The minimum Gasteiger partial charge on any atom is -0.381 e. The molecule has 2 nitrogen and oxygen atoms in total. The van der Waals surface area contributed by atoms with Gasteiger partial charge in [0, 0.05) is 19.3 Å². The van der Waals surface area contributed by atoms with E-state index in [9.17, 15) is 0 Å². The molecule has 17 heavy (non-hydrogen) atoms. The highest BCUT2D eigenvalue weighted by atomic mass is 16.5. The minimum absolute atomic E-state index is 0.402. The van der Waals surface area contributed by atoms with Gasteiger partial charge in [0.1, 0.15) is 0 Å². The fourth-order valence-corrected chi connectivity index (χ4v) is 4.14. The molecule has 0 aromatic rings. The van der Waals surface area contributed by atoms with E-state index in [0.29, 0.717) is 17.9 Å². The second-order valence-corrected chi connectivity index (χ2v) is 6.76. The molecule has 0 bridgehead atoms. The third kappa shape index (κ3) is 3.23. The van der Waals surface area contributed by atoms with Crippen molar-refractivity contribution < 1.29 is 4.74 Å². The summed E-state index contributed by atoms with van der Waals surface area (Å²) in [5, 5.41) is 0. The Morgan fingerprint density at radius 1 is 1.06 bits per heavy atom. The van der Waals surface area contributed by atoms with Crippen LogP contribution in [0.15, 0.2) is 0 Å². The molecule has 1 heterocycles. The summed E-state index contributed by atoms with van der Waals surface area (Å²) in [5.74, 6) is 3.81. The molecule has 0 amide bonds. The van der Waals surface area contributed by atoms with E-state index in [1.54, 1.807) is 0 Å². The molecular formula is C15H29NO. The van der Waals surface area contributed by atoms with Crippen molar-refractivity contribution in [3.63, 3.8) is 0 Å². The molecule has 0 spiro atoms. The fourth-order valence-electron chi connectivity index (χ4n) is 4.14. The lowest BCUT2D eigenvalue weighted by Gasteiger charge is -2.41. The summed E-state index contributed by atoms with van der Waals surface area (Å²) < 4.78 is 5.54. The van der Waals surface area contributed by atoms with Crippen LogP contribution in [0.2, 0.25) is 0 Å². The molecule has 1 aliphatic heterocycles. The highest BCUT2D eigenvalue weighted by molar-refractivity contribution is 4.88. The van der Waals surface area contributed by atoms with Crippen molar-refractivity contribution in [2.45, 2.75) is 52.5 Å². The van der Waals surface area contributed by atoms with Crippen molar-refractivity contribution in [3.8, 4) is 0 Å². The second kappa shape index (κ2) is 5.71. The number of hydrogen-bond acceptors (Lipinski definition) is 2. The molecule has 0 aromatic heterocycles. The Morgan fingerprint density at radius 3 is 2.29 bits per heavy atom. The first-order valence-corrected chi connectivity index (χ1v) is 7.41. The van der Waals surface area contributed by atoms with Crippen LogP contribution in [-0.4, -0.2) is 19.3 Å². The highest BCUT2D eigenvalue weighted by Crippen LogP contribution is 2.38. The van der Waals surface area contributed by atoms with Crippen LogP contribution in [0.5, 0.6) is 0 Å². The van der Waals surface area contributed by atoms with Crippen molar-refractivity contribution >= 4 is 0 Å². The van der Waals surface area contributed by atoms with Gasteiger partial charge >= 0.3 is 0 Å². The third-order valence-corrected chi connectivity index (χ3v) is 4.96. The van der Waals surface area contributed by atoms with Crippen LogP contribution < -0.4 is 5.73 Å². The van der Waals surface area contributed by atoms with Gasteiger partial charge in [-0.15, -0.1) is 0 Å². The van der Waals surface area contributed by atoms with Gasteiger partial charge in [-0.25, -0.2) is 0 Å². The molecule has 2 aliphatic rings. The predicted molar refractivity (Wildman–Crippen MR) is 71.7 cm³/mol. The quantitative estimate of drug-likeness (QED) is 0.804. The molecule has 100 valence electrons. The standard InChI is InChI=1S/C15H29NO/c1-10-6-11(2)8-13(7-10)15(16)14-4-5-17-9-12(14)3/h10-15H,4-9,16H2,1-3H3. The average molecular weight is 239 g/mol. The maximum Gasteiger partial charge on any atom is 0.0494 e. The summed E-state index contributed by atoms with van der Waals surface area (Å²) in [6.45, 7) is 8.92. The largest absolute Gasteiger partial charge is 0.381 e. The second-order valence-electron chi connectivity index (χ2n) is 6.76. The number of nitrogens with two attached hydrogens (primary N) is 1. The Hall–Kier alpha value is -0.0800. The first kappa shape index (κ1) is 13.4. The summed E-state index contributed by atoms with van der Waals surface area (Å²) in [7, 11) is 0. The van der Waals surface area contributed by atoms with Crippen LogP contribution in [0.25, 0.3) is 0 Å². The maximum atomic E-state index is 6.58. The lowest BCUT2D eigenvalue weighted by atomic mass is 9.68. The fraction of sp³-hybridized carbons (Fsp3) is 1.00. The molecule has 1 saturated carbocycles. The van der Waals surface area contributed by atoms with Crippen LogP contribution in [0.4, 0.5) is 0 Å². The molecule has 5 unspecified atom stereocenters. The van der Waals surface area contributed by atoms with Gasteiger partial charge < -0.3 is 10.5 Å². The Bertz CT molecular complexity index is 233. The lowest BCUT2D eigenvalue weighted by Crippen LogP contribution is -2.46. The lowest BCUT2D eigenvalue weighted by molar-refractivity contribution is 0.00191. The predicted octanol–water partition coefficient (Wildman–Crippen LogP) is 3.06. The highest BCUT2D eigenvalue weighted by Gasteiger charge is 2.35. The van der Waals surface area contributed by atoms with Gasteiger partial charge in [0.2, 0.25) is 0 Å². The molecule has 1 aliphatic carbocycles. The van der Waals surface area contributed by atoms with Crippen LogP contribution >= 0.6 is 0 Å². The average Bonchev–Trinajstić information content (AvgIpc) is 2.27. The number of ether oxygens (including phenoxy) is 1. The van der Waals surface area contributed by atoms with Crippen LogP contribution in [0.3, 0.4) is 0 Å². The van der Waals surface area contributed by atoms with E-state index in [2.05, 4.69) is 20.8 Å². The third-order valence-electron chi connectivity index (χ3n) is 4.96. The SMILES string of the molecule is CC1CC(C)CC(C(N)C2CCOCC2C)C1. The molecule has 2 fully saturated rings. The van der Waals surface area contributed by atoms with E-state index < -0.39 is 0 Å². The summed E-state index contributed by atoms with van der Waals surface area (Å²) in [6, 6.07) is 0.402. The maximum absolute atomic E-state index is 6.58. The summed E-state index contributed by atoms with van der Waals surface area (Å²) in [5.41, 5.74) is 6.58. The van der Waals surface area contributed by atoms with Crippen molar-refractivity contribution in [1.82, 2.24) is 0 Å². The monoisotopic (exact) mass is 239 g/mol. The Kier molecular flexibility index (Phi) is 4.48. The van der Waals surface area contributed by atoms with Gasteiger partial charge in [-0.1, -0.05) is 20.8 Å². The van der Waals surface area contributed by atoms with Crippen molar-refractivity contribution in [2.75, 3.05) is 13.2 Å². The van der Waals surface area contributed by atoms with Gasteiger partial charge in [0.15, 0.2) is 0 Å². The molecule has 2 heteroatoms. The number of rotatable bonds is 2. The first-order chi connectivity index (χ1) is 8.08.